The van der Waals surface area contributed by atoms with Crippen molar-refractivity contribution >= 4 is 21.8 Å². The second-order valence-electron chi connectivity index (χ2n) is 3.78. The molecule has 0 amide bonds. The Hall–Kier alpha value is -2.16. The van der Waals surface area contributed by atoms with Crippen molar-refractivity contribution in [2.45, 2.75) is 0 Å². The number of hydrogen-bond acceptors (Lipinski definition) is 2. The Balaban J connectivity index is 2.74. The molecule has 78 valence electrons. The Labute approximate surface area is 92.0 Å². The number of aryl methyl sites for hydroxylation is 1. The molecule has 3 aromatic rings. The number of aromatic nitrogens is 2. The van der Waals surface area contributed by atoms with Gasteiger partial charge in [-0.25, -0.2) is 0 Å². The van der Waals surface area contributed by atoms with Crippen molar-refractivity contribution in [1.29, 1.82) is 0 Å². The highest BCUT2D eigenvalue weighted by Crippen LogP contribution is 2.20. The molecule has 0 N–H and O–H groups in total. The molecule has 0 atom stereocenters. The monoisotopic (exact) mass is 210 g/mol. The Kier molecular flexibility index (Phi) is 1.80. The van der Waals surface area contributed by atoms with Gasteiger partial charge in [0.05, 0.1) is 5.52 Å². The van der Waals surface area contributed by atoms with E-state index >= 15 is 0 Å². The average molecular weight is 210 g/mol. The summed E-state index contributed by atoms with van der Waals surface area (Å²) in [7, 11) is 1.78. The summed E-state index contributed by atoms with van der Waals surface area (Å²) in [5, 5.41) is 1.98. The zero-order valence-electron chi connectivity index (χ0n) is 8.84. The second kappa shape index (κ2) is 3.17. The third-order valence-corrected chi connectivity index (χ3v) is 2.87. The molecule has 0 aliphatic rings. The summed E-state index contributed by atoms with van der Waals surface area (Å²) in [5.41, 5.74) is 1.42. The zero-order valence-corrected chi connectivity index (χ0v) is 8.84. The molecule has 0 fully saturated rings. The van der Waals surface area contributed by atoms with E-state index in [4.69, 9.17) is 0 Å². The van der Waals surface area contributed by atoms with Gasteiger partial charge in [0, 0.05) is 24.0 Å². The first-order chi connectivity index (χ1) is 7.79. The number of hydrogen-bond donors (Lipinski definition) is 0. The maximum Gasteiger partial charge on any atom is 0.277 e. The first-order valence-corrected chi connectivity index (χ1v) is 5.11. The quantitative estimate of drug-likeness (QED) is 0.532. The van der Waals surface area contributed by atoms with E-state index in [0.29, 0.717) is 5.52 Å². The summed E-state index contributed by atoms with van der Waals surface area (Å²) < 4.78 is 1.64. The number of pyridine rings is 2. The largest absolute Gasteiger partial charge is 0.309 e. The molecular weight excluding hydrogens is 200 g/mol. The molecule has 2 heterocycles. The van der Waals surface area contributed by atoms with Crippen molar-refractivity contribution in [3.63, 3.8) is 0 Å². The average Bonchev–Trinajstić information content (AvgIpc) is 2.36. The standard InChI is InChI=1S/C13H10N2O/c1-15-11-7-3-2-5-9(11)10-6-4-8-14-12(10)13(15)16/h2-8H,1H3. The summed E-state index contributed by atoms with van der Waals surface area (Å²) in [6, 6.07) is 11.7. The number of nitrogens with zero attached hydrogens (tertiary/aromatic N) is 2. The predicted octanol–water partition coefficient (Wildman–Crippen LogP) is 2.09. The SMILES string of the molecule is Cn1c(=O)c2ncccc2c2ccccc21. The van der Waals surface area contributed by atoms with Gasteiger partial charge < -0.3 is 4.57 Å². The van der Waals surface area contributed by atoms with Gasteiger partial charge in [0.2, 0.25) is 0 Å². The van der Waals surface area contributed by atoms with E-state index < -0.39 is 0 Å². The lowest BCUT2D eigenvalue weighted by molar-refractivity contribution is 0.914. The van der Waals surface area contributed by atoms with Crippen molar-refractivity contribution in [2.24, 2.45) is 7.05 Å². The minimum Gasteiger partial charge on any atom is -0.309 e. The van der Waals surface area contributed by atoms with Crippen LogP contribution in [0.2, 0.25) is 0 Å². The van der Waals surface area contributed by atoms with Crippen LogP contribution in [0.25, 0.3) is 21.8 Å². The maximum absolute atomic E-state index is 12.0. The molecule has 0 saturated heterocycles. The molecular formula is C13H10N2O. The smallest absolute Gasteiger partial charge is 0.277 e. The van der Waals surface area contributed by atoms with Gasteiger partial charge in [0.1, 0.15) is 5.52 Å². The van der Waals surface area contributed by atoms with Crippen LogP contribution >= 0.6 is 0 Å². The fraction of sp³-hybridized carbons (Fsp3) is 0.0769. The molecule has 3 nitrogen and oxygen atoms in total. The van der Waals surface area contributed by atoms with Gasteiger partial charge in [-0.1, -0.05) is 24.3 Å². The van der Waals surface area contributed by atoms with E-state index in [1.54, 1.807) is 17.8 Å². The van der Waals surface area contributed by atoms with Crippen LogP contribution in [0.5, 0.6) is 0 Å². The van der Waals surface area contributed by atoms with Crippen molar-refractivity contribution in [3.8, 4) is 0 Å². The van der Waals surface area contributed by atoms with E-state index in [0.717, 1.165) is 16.3 Å². The number of para-hydroxylation sites is 1. The minimum absolute atomic E-state index is 0.0469. The molecule has 16 heavy (non-hydrogen) atoms. The molecule has 0 saturated carbocycles. The van der Waals surface area contributed by atoms with E-state index in [1.807, 2.05) is 36.4 Å². The first kappa shape index (κ1) is 9.09. The summed E-state index contributed by atoms with van der Waals surface area (Å²) in [6.07, 6.45) is 1.65. The number of rotatable bonds is 0. The van der Waals surface area contributed by atoms with Gasteiger partial charge in [0.25, 0.3) is 5.56 Å². The molecule has 3 rings (SSSR count). The fourth-order valence-electron chi connectivity index (χ4n) is 2.06. The summed E-state index contributed by atoms with van der Waals surface area (Å²) >= 11 is 0. The molecule has 0 bridgehead atoms. The molecule has 0 spiro atoms. The van der Waals surface area contributed by atoms with Crippen LogP contribution in [0.1, 0.15) is 0 Å². The summed E-state index contributed by atoms with van der Waals surface area (Å²) in [4.78, 5) is 16.2. The van der Waals surface area contributed by atoms with Crippen molar-refractivity contribution in [3.05, 3.63) is 52.9 Å². The van der Waals surface area contributed by atoms with E-state index in [-0.39, 0.29) is 5.56 Å². The van der Waals surface area contributed by atoms with Crippen LogP contribution < -0.4 is 5.56 Å². The van der Waals surface area contributed by atoms with Crippen LogP contribution in [0.15, 0.2) is 47.4 Å². The highest BCUT2D eigenvalue weighted by molar-refractivity contribution is 6.03. The topological polar surface area (TPSA) is 34.9 Å². The third kappa shape index (κ3) is 1.08. The van der Waals surface area contributed by atoms with Gasteiger partial charge >= 0.3 is 0 Å². The highest BCUT2D eigenvalue weighted by Gasteiger charge is 2.07. The Morgan fingerprint density at radius 3 is 2.69 bits per heavy atom. The van der Waals surface area contributed by atoms with Crippen LogP contribution in [-0.2, 0) is 7.05 Å². The van der Waals surface area contributed by atoms with E-state index in [2.05, 4.69) is 4.98 Å². The molecule has 0 aliphatic heterocycles. The van der Waals surface area contributed by atoms with E-state index in [9.17, 15) is 4.79 Å². The predicted molar refractivity (Wildman–Crippen MR) is 64.5 cm³/mol. The molecule has 2 aromatic heterocycles. The fourth-order valence-corrected chi connectivity index (χ4v) is 2.06. The van der Waals surface area contributed by atoms with Crippen LogP contribution in [0.3, 0.4) is 0 Å². The van der Waals surface area contributed by atoms with Gasteiger partial charge in [-0.2, -0.15) is 0 Å². The van der Waals surface area contributed by atoms with Crippen LogP contribution in [0.4, 0.5) is 0 Å². The lowest BCUT2D eigenvalue weighted by Crippen LogP contribution is -2.18. The maximum atomic E-state index is 12.0. The molecule has 1 aromatic carbocycles. The first-order valence-electron chi connectivity index (χ1n) is 5.11. The molecule has 3 heteroatoms. The van der Waals surface area contributed by atoms with Crippen molar-refractivity contribution < 1.29 is 0 Å². The van der Waals surface area contributed by atoms with E-state index in [1.165, 1.54) is 0 Å². The minimum atomic E-state index is -0.0469. The van der Waals surface area contributed by atoms with Gasteiger partial charge in [-0.15, -0.1) is 0 Å². The third-order valence-electron chi connectivity index (χ3n) is 2.87. The Morgan fingerprint density at radius 2 is 1.81 bits per heavy atom. The van der Waals surface area contributed by atoms with Gasteiger partial charge in [-0.05, 0) is 12.1 Å². The Morgan fingerprint density at radius 1 is 1.06 bits per heavy atom. The molecule has 0 radical (unpaired) electrons. The van der Waals surface area contributed by atoms with Gasteiger partial charge in [-0.3, -0.25) is 9.78 Å². The lowest BCUT2D eigenvalue weighted by atomic mass is 10.1. The number of fused-ring (bicyclic) bond motifs is 3. The van der Waals surface area contributed by atoms with Crippen molar-refractivity contribution in [1.82, 2.24) is 9.55 Å². The summed E-state index contributed by atoms with van der Waals surface area (Å²) in [5.74, 6) is 0. The summed E-state index contributed by atoms with van der Waals surface area (Å²) in [6.45, 7) is 0. The van der Waals surface area contributed by atoms with Crippen molar-refractivity contribution in [2.75, 3.05) is 0 Å². The molecule has 0 aliphatic carbocycles. The highest BCUT2D eigenvalue weighted by atomic mass is 16.1. The lowest BCUT2D eigenvalue weighted by Gasteiger charge is -2.07. The zero-order chi connectivity index (χ0) is 11.1. The Bertz CT molecular complexity index is 744. The van der Waals surface area contributed by atoms with Crippen LogP contribution in [0, 0.1) is 0 Å². The normalized spacial score (nSPS) is 11.1. The molecule has 0 unspecified atom stereocenters. The van der Waals surface area contributed by atoms with Gasteiger partial charge in [0.15, 0.2) is 0 Å². The second-order valence-corrected chi connectivity index (χ2v) is 3.78. The number of benzene rings is 1. The van der Waals surface area contributed by atoms with Crippen LogP contribution in [-0.4, -0.2) is 9.55 Å².